The molecule has 3 aromatic rings. The molecule has 188 valence electrons. The highest BCUT2D eigenvalue weighted by Crippen LogP contribution is 2.43. The Bertz CT molecular complexity index is 1340. The number of hydrogen-bond acceptors (Lipinski definition) is 6. The molecule has 2 aliphatic heterocycles. The average molecular weight is 519 g/mol. The van der Waals surface area contributed by atoms with Crippen molar-refractivity contribution in [3.8, 4) is 11.5 Å². The molecule has 6 rings (SSSR count). The van der Waals surface area contributed by atoms with E-state index in [4.69, 9.17) is 21.1 Å². The van der Waals surface area contributed by atoms with E-state index in [2.05, 4.69) is 21.9 Å². The van der Waals surface area contributed by atoms with Crippen molar-refractivity contribution in [3.63, 3.8) is 0 Å². The Hall–Kier alpha value is -3.53. The molecule has 11 heteroatoms. The van der Waals surface area contributed by atoms with Crippen LogP contribution in [0.5, 0.6) is 11.5 Å². The van der Waals surface area contributed by atoms with E-state index < -0.39 is 11.7 Å². The summed E-state index contributed by atoms with van der Waals surface area (Å²) >= 11 is 5.74. The number of piperidine rings is 1. The van der Waals surface area contributed by atoms with Gasteiger partial charge in [-0.25, -0.2) is 9.97 Å². The normalized spacial score (nSPS) is 21.0. The lowest BCUT2D eigenvalue weighted by atomic mass is 9.78. The fourth-order valence-corrected chi connectivity index (χ4v) is 5.16. The summed E-state index contributed by atoms with van der Waals surface area (Å²) in [5.74, 6) is 1.16. The van der Waals surface area contributed by atoms with Crippen LogP contribution in [-0.2, 0) is 11.0 Å². The predicted molar refractivity (Wildman–Crippen MR) is 129 cm³/mol. The zero-order chi connectivity index (χ0) is 25.6. The smallest absolute Gasteiger partial charge is 0.417 e. The van der Waals surface area contributed by atoms with Crippen LogP contribution in [0.25, 0.3) is 10.9 Å². The molecule has 1 amide bonds. The number of aromatic nitrogens is 2. The number of alkyl halides is 3. The second kappa shape index (κ2) is 9.16. The number of nitrogens with one attached hydrogen (secondary N) is 1. The molecule has 2 bridgehead atoms. The molecule has 3 fully saturated rings. The van der Waals surface area contributed by atoms with Crippen LogP contribution in [0.1, 0.15) is 24.8 Å². The first kappa shape index (κ1) is 24.2. The highest BCUT2D eigenvalue weighted by atomic mass is 35.5. The zero-order valence-electron chi connectivity index (χ0n) is 19.2. The number of anilines is 2. The first-order valence-electron chi connectivity index (χ1n) is 11.3. The first-order valence-corrected chi connectivity index (χ1v) is 11.6. The van der Waals surface area contributed by atoms with Crippen LogP contribution in [-0.4, -0.2) is 46.1 Å². The molecule has 0 radical (unpaired) electrons. The molecule has 3 aliphatic rings. The van der Waals surface area contributed by atoms with Crippen molar-refractivity contribution >= 4 is 39.9 Å². The number of carbonyl (C=O) groups excluding carboxylic acids is 1. The van der Waals surface area contributed by atoms with Crippen LogP contribution in [0.15, 0.2) is 49.3 Å². The number of fused-ring (bicyclic) bond motifs is 3. The van der Waals surface area contributed by atoms with Gasteiger partial charge in [0.2, 0.25) is 5.91 Å². The molecule has 2 saturated heterocycles. The lowest BCUT2D eigenvalue weighted by Crippen LogP contribution is -2.64. The summed E-state index contributed by atoms with van der Waals surface area (Å²) in [7, 11) is 1.52. The molecular weight excluding hydrogens is 497 g/mol. The maximum Gasteiger partial charge on any atom is 0.417 e. The summed E-state index contributed by atoms with van der Waals surface area (Å²) in [4.78, 5) is 22.4. The summed E-state index contributed by atoms with van der Waals surface area (Å²) in [6.45, 7) is 3.57. The highest BCUT2D eigenvalue weighted by molar-refractivity contribution is 6.31. The first-order chi connectivity index (χ1) is 17.2. The second-order valence-electron chi connectivity index (χ2n) is 8.76. The maximum absolute atomic E-state index is 13.3. The third kappa shape index (κ3) is 4.41. The number of amides is 1. The molecule has 1 saturated carbocycles. The fraction of sp³-hybridized carbons (Fsp3) is 0.320. The summed E-state index contributed by atoms with van der Waals surface area (Å²) in [6.07, 6.45) is 0.225. The third-order valence-electron chi connectivity index (χ3n) is 6.58. The van der Waals surface area contributed by atoms with Crippen LogP contribution in [0, 0.1) is 0 Å². The zero-order valence-corrected chi connectivity index (χ0v) is 19.9. The van der Waals surface area contributed by atoms with Crippen LogP contribution in [0.2, 0.25) is 5.02 Å². The van der Waals surface area contributed by atoms with Gasteiger partial charge in [-0.05, 0) is 36.8 Å². The molecule has 2 aromatic carbocycles. The molecule has 2 atom stereocenters. The van der Waals surface area contributed by atoms with E-state index in [0.717, 1.165) is 12.5 Å². The lowest BCUT2D eigenvalue weighted by Gasteiger charge is -2.54. The summed E-state index contributed by atoms with van der Waals surface area (Å²) in [5.41, 5.74) is -0.252. The Kier molecular flexibility index (Phi) is 6.15. The Balaban J connectivity index is 1.43. The largest absolute Gasteiger partial charge is 0.493 e. The van der Waals surface area contributed by atoms with Gasteiger partial charge in [0.25, 0.3) is 0 Å². The van der Waals surface area contributed by atoms with Crippen molar-refractivity contribution in [1.29, 1.82) is 0 Å². The van der Waals surface area contributed by atoms with Gasteiger partial charge in [-0.1, -0.05) is 18.2 Å². The van der Waals surface area contributed by atoms with E-state index in [9.17, 15) is 18.0 Å². The minimum absolute atomic E-state index is 0.0678. The quantitative estimate of drug-likeness (QED) is 0.419. The van der Waals surface area contributed by atoms with Gasteiger partial charge < -0.3 is 19.7 Å². The molecule has 36 heavy (non-hydrogen) atoms. The molecular formula is C25H22ClF3N4O3. The van der Waals surface area contributed by atoms with E-state index in [-0.39, 0.29) is 34.8 Å². The van der Waals surface area contributed by atoms with Crippen molar-refractivity contribution in [2.75, 3.05) is 12.4 Å². The van der Waals surface area contributed by atoms with Crippen LogP contribution in [0.3, 0.4) is 0 Å². The summed E-state index contributed by atoms with van der Waals surface area (Å²) in [5, 5.41) is 3.09. The van der Waals surface area contributed by atoms with Gasteiger partial charge in [-0.2, -0.15) is 13.2 Å². The summed E-state index contributed by atoms with van der Waals surface area (Å²) in [6, 6.07) is 7.18. The number of ether oxygens (including phenoxy) is 2. The SMILES string of the molecule is C=CC(=O)N1C2CC(Oc3cc4c(Nc5ccc(Cl)c(C(F)(F)F)c5)ncnc4cc3OC)CC1C2. The van der Waals surface area contributed by atoms with Crippen LogP contribution in [0.4, 0.5) is 24.7 Å². The van der Waals surface area contributed by atoms with Gasteiger partial charge in [-0.3, -0.25) is 4.79 Å². The number of carbonyl (C=O) groups is 1. The van der Waals surface area contributed by atoms with E-state index in [1.54, 1.807) is 12.1 Å². The third-order valence-corrected chi connectivity index (χ3v) is 6.91. The van der Waals surface area contributed by atoms with Crippen molar-refractivity contribution in [1.82, 2.24) is 14.9 Å². The van der Waals surface area contributed by atoms with Crippen molar-refractivity contribution in [2.24, 2.45) is 0 Å². The van der Waals surface area contributed by atoms with Gasteiger partial charge >= 0.3 is 6.18 Å². The van der Waals surface area contributed by atoms with Crippen molar-refractivity contribution in [3.05, 3.63) is 59.9 Å². The van der Waals surface area contributed by atoms with Gasteiger partial charge in [-0.15, -0.1) is 0 Å². The monoisotopic (exact) mass is 518 g/mol. The molecule has 1 aliphatic carbocycles. The number of nitrogens with zero attached hydrogens (tertiary/aromatic N) is 3. The lowest BCUT2D eigenvalue weighted by molar-refractivity contribution is -0.148. The van der Waals surface area contributed by atoms with Gasteiger partial charge in [0.15, 0.2) is 11.5 Å². The maximum atomic E-state index is 13.3. The van der Waals surface area contributed by atoms with Crippen molar-refractivity contribution < 1.29 is 27.4 Å². The standard InChI is InChI=1S/C25H22ClF3N4O3/c1-3-23(34)33-14-7-15(33)9-16(8-14)36-22-10-17-20(11-21(22)35-2)30-12-31-24(17)32-13-4-5-19(26)18(6-13)25(27,28)29/h3-6,10-12,14-16H,1,7-9H2,2H3,(H,30,31,32). The number of hydrogen-bond donors (Lipinski definition) is 1. The fourth-order valence-electron chi connectivity index (χ4n) is 4.94. The number of halogens is 4. The Morgan fingerprint density at radius 1 is 1.17 bits per heavy atom. The molecule has 3 heterocycles. The minimum Gasteiger partial charge on any atom is -0.493 e. The molecule has 7 nitrogen and oxygen atoms in total. The van der Waals surface area contributed by atoms with Crippen LogP contribution < -0.4 is 14.8 Å². The number of rotatable bonds is 6. The van der Waals surface area contributed by atoms with E-state index in [1.807, 2.05) is 4.90 Å². The van der Waals surface area contributed by atoms with Gasteiger partial charge in [0.05, 0.1) is 23.2 Å². The van der Waals surface area contributed by atoms with Crippen LogP contribution >= 0.6 is 11.6 Å². The van der Waals surface area contributed by atoms with E-state index >= 15 is 0 Å². The molecule has 1 N–H and O–H groups in total. The summed E-state index contributed by atoms with van der Waals surface area (Å²) < 4.78 is 51.7. The Labute approximate surface area is 209 Å². The molecule has 0 spiro atoms. The van der Waals surface area contributed by atoms with E-state index in [0.29, 0.717) is 41.1 Å². The Morgan fingerprint density at radius 2 is 1.92 bits per heavy atom. The molecule has 2 unspecified atom stereocenters. The Morgan fingerprint density at radius 3 is 2.58 bits per heavy atom. The van der Waals surface area contributed by atoms with E-state index in [1.165, 1.54) is 31.6 Å². The minimum atomic E-state index is -4.59. The number of benzene rings is 2. The topological polar surface area (TPSA) is 76.6 Å². The second-order valence-corrected chi connectivity index (χ2v) is 9.17. The van der Waals surface area contributed by atoms with Crippen molar-refractivity contribution in [2.45, 2.75) is 43.6 Å². The van der Waals surface area contributed by atoms with Gasteiger partial charge in [0.1, 0.15) is 18.2 Å². The molecule has 1 aromatic heterocycles. The average Bonchev–Trinajstić information content (AvgIpc) is 2.84. The predicted octanol–water partition coefficient (Wildman–Crippen LogP) is 5.75. The van der Waals surface area contributed by atoms with Gasteiger partial charge in [0, 0.05) is 42.1 Å². The number of methoxy groups -OCH3 is 1. The highest BCUT2D eigenvalue weighted by Gasteiger charge is 2.48.